The normalized spacial score (nSPS) is 10.3. The van der Waals surface area contributed by atoms with Crippen LogP contribution in [0.2, 0.25) is 0 Å². The summed E-state index contributed by atoms with van der Waals surface area (Å²) in [4.78, 5) is 37.9. The minimum atomic E-state index is -0.441. The number of fused-ring (bicyclic) bond motifs is 1. The van der Waals surface area contributed by atoms with Gasteiger partial charge in [0.1, 0.15) is 0 Å². The highest BCUT2D eigenvalue weighted by Crippen LogP contribution is 2.14. The van der Waals surface area contributed by atoms with Gasteiger partial charge in [0, 0.05) is 23.5 Å². The van der Waals surface area contributed by atoms with Gasteiger partial charge in [-0.1, -0.05) is 25.1 Å². The highest BCUT2D eigenvalue weighted by Gasteiger charge is 2.12. The summed E-state index contributed by atoms with van der Waals surface area (Å²) in [5, 5.41) is 5.83. The smallest absolute Gasteiger partial charge is 0.252 e. The van der Waals surface area contributed by atoms with Gasteiger partial charge >= 0.3 is 0 Å². The number of aromatic nitrogens is 1. The standard InChI is InChI=1S/C15H17N3O3/c1-2-7-16-14(20)9-17-15(21)11-8-13(19)18-12-6-4-3-5-10(11)12/h3-6,8H,2,7,9H2,1H3,(H,16,20)(H,17,21)(H,18,19). The van der Waals surface area contributed by atoms with Crippen molar-refractivity contribution in [3.05, 3.63) is 46.2 Å². The summed E-state index contributed by atoms with van der Waals surface area (Å²) in [5.74, 6) is -0.691. The minimum Gasteiger partial charge on any atom is -0.355 e. The molecule has 1 aromatic carbocycles. The average Bonchev–Trinajstić information content (AvgIpc) is 2.49. The van der Waals surface area contributed by atoms with E-state index in [0.717, 1.165) is 6.42 Å². The molecule has 110 valence electrons. The molecule has 0 atom stereocenters. The van der Waals surface area contributed by atoms with Gasteiger partial charge in [-0.25, -0.2) is 0 Å². The van der Waals surface area contributed by atoms with Crippen molar-refractivity contribution in [1.29, 1.82) is 0 Å². The van der Waals surface area contributed by atoms with E-state index in [0.29, 0.717) is 17.4 Å². The molecule has 0 bridgehead atoms. The zero-order chi connectivity index (χ0) is 15.2. The SMILES string of the molecule is CCCNC(=O)CNC(=O)c1cc(=O)[nH]c2ccccc12. The number of nitrogens with one attached hydrogen (secondary N) is 3. The molecule has 0 aliphatic rings. The van der Waals surface area contributed by atoms with Crippen molar-refractivity contribution in [3.63, 3.8) is 0 Å². The number of hydrogen-bond acceptors (Lipinski definition) is 3. The van der Waals surface area contributed by atoms with Crippen molar-refractivity contribution in [3.8, 4) is 0 Å². The molecule has 0 radical (unpaired) electrons. The van der Waals surface area contributed by atoms with Gasteiger partial charge in [-0.2, -0.15) is 0 Å². The van der Waals surface area contributed by atoms with Gasteiger partial charge in [-0.15, -0.1) is 0 Å². The Balaban J connectivity index is 2.16. The Bertz CT molecular complexity index is 721. The second-order valence-corrected chi connectivity index (χ2v) is 4.63. The fourth-order valence-electron chi connectivity index (χ4n) is 1.98. The number of carbonyl (C=O) groups is 2. The van der Waals surface area contributed by atoms with Crippen LogP contribution < -0.4 is 16.2 Å². The fourth-order valence-corrected chi connectivity index (χ4v) is 1.98. The third-order valence-electron chi connectivity index (χ3n) is 2.98. The topological polar surface area (TPSA) is 91.1 Å². The Morgan fingerprint density at radius 1 is 1.19 bits per heavy atom. The first-order chi connectivity index (χ1) is 10.1. The predicted octanol–water partition coefficient (Wildman–Crippen LogP) is 0.784. The first-order valence-electron chi connectivity index (χ1n) is 6.78. The highest BCUT2D eigenvalue weighted by atomic mass is 16.2. The van der Waals surface area contributed by atoms with Crippen LogP contribution in [0.5, 0.6) is 0 Å². The van der Waals surface area contributed by atoms with Crippen molar-refractivity contribution in [2.24, 2.45) is 0 Å². The van der Waals surface area contributed by atoms with Gasteiger partial charge in [-0.05, 0) is 12.5 Å². The Kier molecular flexibility index (Phi) is 4.71. The van der Waals surface area contributed by atoms with Crippen LogP contribution in [0.15, 0.2) is 35.1 Å². The first kappa shape index (κ1) is 14.8. The molecular formula is C15H17N3O3. The molecule has 0 fully saturated rings. The molecule has 21 heavy (non-hydrogen) atoms. The third kappa shape index (κ3) is 3.68. The van der Waals surface area contributed by atoms with E-state index in [1.54, 1.807) is 24.3 Å². The van der Waals surface area contributed by atoms with E-state index in [1.165, 1.54) is 6.07 Å². The molecule has 6 heteroatoms. The zero-order valence-electron chi connectivity index (χ0n) is 11.7. The second-order valence-electron chi connectivity index (χ2n) is 4.63. The van der Waals surface area contributed by atoms with E-state index >= 15 is 0 Å². The van der Waals surface area contributed by atoms with E-state index in [-0.39, 0.29) is 23.6 Å². The average molecular weight is 287 g/mol. The van der Waals surface area contributed by atoms with Gasteiger partial charge < -0.3 is 15.6 Å². The van der Waals surface area contributed by atoms with Gasteiger partial charge in [0.05, 0.1) is 12.1 Å². The number of aromatic amines is 1. The molecule has 6 nitrogen and oxygen atoms in total. The maximum absolute atomic E-state index is 12.1. The monoisotopic (exact) mass is 287 g/mol. The quantitative estimate of drug-likeness (QED) is 0.759. The number of rotatable bonds is 5. The lowest BCUT2D eigenvalue weighted by molar-refractivity contribution is -0.120. The van der Waals surface area contributed by atoms with E-state index in [2.05, 4.69) is 15.6 Å². The molecule has 2 amide bonds. The maximum atomic E-state index is 12.1. The molecule has 0 saturated heterocycles. The van der Waals surface area contributed by atoms with E-state index in [1.807, 2.05) is 6.92 Å². The lowest BCUT2D eigenvalue weighted by atomic mass is 10.1. The van der Waals surface area contributed by atoms with Gasteiger partial charge in [-0.3, -0.25) is 14.4 Å². The number of para-hydroxylation sites is 1. The van der Waals surface area contributed by atoms with Gasteiger partial charge in [0.25, 0.3) is 5.91 Å². The largest absolute Gasteiger partial charge is 0.355 e. The number of benzene rings is 1. The summed E-state index contributed by atoms with van der Waals surface area (Å²) >= 11 is 0. The maximum Gasteiger partial charge on any atom is 0.252 e. The van der Waals surface area contributed by atoms with Crippen molar-refractivity contribution in [2.45, 2.75) is 13.3 Å². The lowest BCUT2D eigenvalue weighted by Crippen LogP contribution is -2.37. The van der Waals surface area contributed by atoms with Crippen LogP contribution in [0.1, 0.15) is 23.7 Å². The van der Waals surface area contributed by atoms with Crippen LogP contribution in [0.4, 0.5) is 0 Å². The Morgan fingerprint density at radius 3 is 2.71 bits per heavy atom. The van der Waals surface area contributed by atoms with Crippen LogP contribution in [0.25, 0.3) is 10.9 Å². The number of hydrogen-bond donors (Lipinski definition) is 3. The summed E-state index contributed by atoms with van der Waals surface area (Å²) < 4.78 is 0. The Morgan fingerprint density at radius 2 is 1.95 bits per heavy atom. The number of carbonyl (C=O) groups excluding carboxylic acids is 2. The van der Waals surface area contributed by atoms with Gasteiger partial charge in [0.15, 0.2) is 0 Å². The van der Waals surface area contributed by atoms with Crippen molar-refractivity contribution >= 4 is 22.7 Å². The van der Waals surface area contributed by atoms with E-state index in [9.17, 15) is 14.4 Å². The summed E-state index contributed by atoms with van der Waals surface area (Å²) in [6.07, 6.45) is 0.832. The second kappa shape index (κ2) is 6.69. The van der Waals surface area contributed by atoms with Crippen LogP contribution in [0, 0.1) is 0 Å². The molecule has 0 aliphatic heterocycles. The predicted molar refractivity (Wildman–Crippen MR) is 80.2 cm³/mol. The molecule has 0 aliphatic carbocycles. The van der Waals surface area contributed by atoms with Crippen molar-refractivity contribution in [1.82, 2.24) is 15.6 Å². The Hall–Kier alpha value is -2.63. The Labute approximate surface area is 121 Å². The number of amides is 2. The molecule has 0 saturated carbocycles. The minimum absolute atomic E-state index is 0.111. The highest BCUT2D eigenvalue weighted by molar-refractivity contribution is 6.06. The molecule has 0 spiro atoms. The van der Waals surface area contributed by atoms with Crippen LogP contribution in [-0.4, -0.2) is 29.9 Å². The van der Waals surface area contributed by atoms with E-state index < -0.39 is 5.91 Å². The van der Waals surface area contributed by atoms with E-state index in [4.69, 9.17) is 0 Å². The van der Waals surface area contributed by atoms with Crippen molar-refractivity contribution < 1.29 is 9.59 Å². The fraction of sp³-hybridized carbons (Fsp3) is 0.267. The zero-order valence-corrected chi connectivity index (χ0v) is 11.7. The summed E-state index contributed by atoms with van der Waals surface area (Å²) in [5.41, 5.74) is 0.498. The molecule has 2 aromatic rings. The van der Waals surface area contributed by atoms with Crippen LogP contribution in [-0.2, 0) is 4.79 Å². The number of pyridine rings is 1. The molecular weight excluding hydrogens is 270 g/mol. The number of H-pyrrole nitrogens is 1. The summed E-state index contributed by atoms with van der Waals surface area (Å²) in [7, 11) is 0. The van der Waals surface area contributed by atoms with Crippen molar-refractivity contribution in [2.75, 3.05) is 13.1 Å². The molecule has 2 rings (SSSR count). The summed E-state index contributed by atoms with van der Waals surface area (Å²) in [6, 6.07) is 8.27. The first-order valence-corrected chi connectivity index (χ1v) is 6.78. The van der Waals surface area contributed by atoms with Crippen LogP contribution in [0.3, 0.4) is 0 Å². The van der Waals surface area contributed by atoms with Crippen LogP contribution >= 0.6 is 0 Å². The molecule has 0 unspecified atom stereocenters. The summed E-state index contributed by atoms with van der Waals surface area (Å²) in [6.45, 7) is 2.41. The third-order valence-corrected chi connectivity index (χ3v) is 2.98. The lowest BCUT2D eigenvalue weighted by Gasteiger charge is -2.08. The van der Waals surface area contributed by atoms with Gasteiger partial charge in [0.2, 0.25) is 11.5 Å². The molecule has 3 N–H and O–H groups in total. The molecule has 1 heterocycles. The molecule has 1 aromatic heterocycles.